The molecule has 58 heavy (non-hydrogen) atoms. The predicted molar refractivity (Wildman–Crippen MR) is 219 cm³/mol. The lowest BCUT2D eigenvalue weighted by molar-refractivity contribution is -0.134. The number of nitrogens with zero attached hydrogens (tertiary/aromatic N) is 6. The van der Waals surface area contributed by atoms with Crippen LogP contribution in [0.4, 0.5) is 20.2 Å². The molecule has 10 nitrogen and oxygen atoms in total. The molecule has 13 heteroatoms. The van der Waals surface area contributed by atoms with E-state index in [1.165, 1.54) is 17.7 Å². The van der Waals surface area contributed by atoms with Crippen LogP contribution in [0.2, 0.25) is 5.02 Å². The first-order valence-corrected chi connectivity index (χ1v) is 20.2. The fourth-order valence-electron chi connectivity index (χ4n) is 9.47. The second kappa shape index (κ2) is 14.6. The second-order valence-corrected chi connectivity index (χ2v) is 16.8. The summed E-state index contributed by atoms with van der Waals surface area (Å²) < 4.78 is 32.6. The number of nitriles is 1. The van der Waals surface area contributed by atoms with E-state index in [-0.39, 0.29) is 24.0 Å². The molecule has 2 amide bonds. The Labute approximate surface area is 339 Å². The number of aromatic nitrogens is 2. The van der Waals surface area contributed by atoms with Crippen molar-refractivity contribution >= 4 is 45.7 Å². The highest BCUT2D eigenvalue weighted by Crippen LogP contribution is 2.45. The van der Waals surface area contributed by atoms with Gasteiger partial charge in [0.05, 0.1) is 44.6 Å². The fraction of sp³-hybridized carbons (Fsp3) is 0.356. The number of imide groups is 1. The van der Waals surface area contributed by atoms with E-state index in [4.69, 9.17) is 11.6 Å². The molecular formula is C45H42ClF2N7O3. The van der Waals surface area contributed by atoms with E-state index >= 15 is 8.78 Å². The number of hydrogen-bond donors (Lipinski definition) is 1. The van der Waals surface area contributed by atoms with Crippen LogP contribution in [0.3, 0.4) is 0 Å². The minimum atomic E-state index is -1.04. The standard InChI is InChI=1S/C45H42ClF2N7O3/c1-45(2)33-10-7-27(21-38(33)55-37-5-3-4-34(46)41(37)43(58)51-44(45)55)26-12-14-52(15-13-26)25-28-6-8-30(20-29(28)24-49)53-16-18-54(19-17-53)31-22-35(47)40(36(48)23-31)32-9-11-39(56)50-42(32)57/h3-8,10,20-23,26,32H,9,11-19,25H2,1-2H3,(H,50,56,57). The SMILES string of the molecule is CC1(C)c2ccc(C3CCN(Cc4ccc(N5CCN(c6cc(F)c(C7CCC(=O)NC7=O)c(F)c6)CC5)cc4C#N)CC3)cc2-n2c1nc(=O)c1c(Cl)cccc12. The van der Waals surface area contributed by atoms with Crippen molar-refractivity contribution in [3.63, 3.8) is 0 Å². The number of fused-ring (bicyclic) bond motifs is 5. The first kappa shape index (κ1) is 37.9. The first-order chi connectivity index (χ1) is 27.9. The Bertz CT molecular complexity index is 2600. The third-order valence-corrected chi connectivity index (χ3v) is 13.0. The van der Waals surface area contributed by atoms with Crippen LogP contribution in [0.1, 0.15) is 85.0 Å². The van der Waals surface area contributed by atoms with Gasteiger partial charge in [-0.15, -0.1) is 0 Å². The Balaban J connectivity index is 0.841. The molecule has 1 N–H and O–H groups in total. The van der Waals surface area contributed by atoms with Crippen LogP contribution in [0.15, 0.2) is 71.5 Å². The number of anilines is 2. The maximum atomic E-state index is 15.2. The molecule has 296 valence electrons. The third-order valence-electron chi connectivity index (χ3n) is 12.7. The second-order valence-electron chi connectivity index (χ2n) is 16.4. The molecule has 4 aliphatic heterocycles. The lowest BCUT2D eigenvalue weighted by Gasteiger charge is -2.38. The Morgan fingerprint density at radius 2 is 1.59 bits per heavy atom. The molecule has 4 aromatic carbocycles. The van der Waals surface area contributed by atoms with Crippen LogP contribution in [-0.2, 0) is 21.5 Å². The van der Waals surface area contributed by atoms with Gasteiger partial charge in [0.1, 0.15) is 17.5 Å². The van der Waals surface area contributed by atoms with Crippen LogP contribution in [0, 0.1) is 23.0 Å². The molecule has 0 radical (unpaired) electrons. The van der Waals surface area contributed by atoms with Crippen molar-refractivity contribution in [2.75, 3.05) is 49.1 Å². The average Bonchev–Trinajstić information content (AvgIpc) is 3.43. The minimum absolute atomic E-state index is 0.0399. The van der Waals surface area contributed by atoms with Gasteiger partial charge in [0.25, 0.3) is 5.56 Å². The Morgan fingerprint density at radius 1 is 0.879 bits per heavy atom. The number of carbonyl (C=O) groups is 2. The Kier molecular flexibility index (Phi) is 9.56. The van der Waals surface area contributed by atoms with Crippen molar-refractivity contribution in [2.45, 2.75) is 63.3 Å². The molecule has 4 aliphatic rings. The first-order valence-electron chi connectivity index (χ1n) is 19.9. The Hall–Kier alpha value is -5.64. The van der Waals surface area contributed by atoms with Crippen molar-refractivity contribution in [2.24, 2.45) is 0 Å². The molecule has 3 fully saturated rings. The van der Waals surface area contributed by atoms with Gasteiger partial charge in [-0.3, -0.25) is 29.2 Å². The third kappa shape index (κ3) is 6.50. The molecule has 0 bridgehead atoms. The molecule has 0 aliphatic carbocycles. The minimum Gasteiger partial charge on any atom is -0.368 e. The van der Waals surface area contributed by atoms with Crippen molar-refractivity contribution in [1.29, 1.82) is 5.26 Å². The summed E-state index contributed by atoms with van der Waals surface area (Å²) in [6, 6.07) is 23.2. The van der Waals surface area contributed by atoms with E-state index in [9.17, 15) is 19.6 Å². The zero-order valence-corrected chi connectivity index (χ0v) is 33.1. The van der Waals surface area contributed by atoms with E-state index in [1.54, 1.807) is 6.07 Å². The fourth-order valence-corrected chi connectivity index (χ4v) is 9.72. The predicted octanol–water partition coefficient (Wildman–Crippen LogP) is 7.05. The summed E-state index contributed by atoms with van der Waals surface area (Å²) in [7, 11) is 0. The molecule has 5 heterocycles. The lowest BCUT2D eigenvalue weighted by atomic mass is 9.83. The maximum absolute atomic E-state index is 15.2. The van der Waals surface area contributed by atoms with Crippen molar-refractivity contribution in [3.05, 3.63) is 127 Å². The van der Waals surface area contributed by atoms with E-state index < -0.39 is 34.8 Å². The van der Waals surface area contributed by atoms with Crippen LogP contribution in [-0.4, -0.2) is 65.5 Å². The number of likely N-dealkylation sites (tertiary alicyclic amines) is 1. The van der Waals surface area contributed by atoms with E-state index in [0.29, 0.717) is 60.3 Å². The number of benzene rings is 4. The number of halogens is 3. The lowest BCUT2D eigenvalue weighted by Crippen LogP contribution is -2.46. The van der Waals surface area contributed by atoms with Crippen LogP contribution in [0.5, 0.6) is 0 Å². The van der Waals surface area contributed by atoms with E-state index in [1.807, 2.05) is 29.2 Å². The molecule has 1 unspecified atom stereocenters. The molecule has 5 aromatic rings. The van der Waals surface area contributed by atoms with Crippen molar-refractivity contribution < 1.29 is 18.4 Å². The van der Waals surface area contributed by atoms with Crippen molar-refractivity contribution in [1.82, 2.24) is 19.8 Å². The number of amides is 2. The topological polar surface area (TPSA) is 115 Å². The highest BCUT2D eigenvalue weighted by molar-refractivity contribution is 6.35. The van der Waals surface area contributed by atoms with Crippen LogP contribution >= 0.6 is 11.6 Å². The summed E-state index contributed by atoms with van der Waals surface area (Å²) in [5, 5.41) is 13.2. The number of nitrogens with one attached hydrogen (secondary N) is 1. The van der Waals surface area contributed by atoms with Gasteiger partial charge in [-0.2, -0.15) is 10.2 Å². The molecule has 1 aromatic heterocycles. The van der Waals surface area contributed by atoms with Gasteiger partial charge in [-0.1, -0.05) is 35.9 Å². The van der Waals surface area contributed by atoms with E-state index in [0.717, 1.165) is 59.8 Å². The van der Waals surface area contributed by atoms with Gasteiger partial charge in [0, 0.05) is 56.1 Å². The maximum Gasteiger partial charge on any atom is 0.282 e. The largest absolute Gasteiger partial charge is 0.368 e. The number of rotatable bonds is 6. The van der Waals surface area contributed by atoms with Crippen LogP contribution in [0.25, 0.3) is 16.6 Å². The quantitative estimate of drug-likeness (QED) is 0.182. The van der Waals surface area contributed by atoms with Gasteiger partial charge in [0.2, 0.25) is 11.8 Å². The molecule has 3 saturated heterocycles. The monoisotopic (exact) mass is 801 g/mol. The number of piperidine rings is 2. The summed E-state index contributed by atoms with van der Waals surface area (Å²) >= 11 is 6.50. The molecule has 1 atom stereocenters. The highest BCUT2D eigenvalue weighted by Gasteiger charge is 2.39. The van der Waals surface area contributed by atoms with Crippen LogP contribution < -0.4 is 20.7 Å². The summed E-state index contributed by atoms with van der Waals surface area (Å²) in [6.45, 7) is 8.90. The van der Waals surface area contributed by atoms with Crippen molar-refractivity contribution in [3.8, 4) is 11.8 Å². The summed E-state index contributed by atoms with van der Waals surface area (Å²) in [5.41, 5.74) is 6.12. The summed E-state index contributed by atoms with van der Waals surface area (Å²) in [4.78, 5) is 47.9. The molecule has 9 rings (SSSR count). The normalized spacial score (nSPS) is 19.6. The molecule has 0 spiro atoms. The number of hydrogen-bond acceptors (Lipinski definition) is 8. The van der Waals surface area contributed by atoms with Gasteiger partial charge < -0.3 is 9.80 Å². The van der Waals surface area contributed by atoms with Gasteiger partial charge in [-0.05, 0) is 111 Å². The molecule has 0 saturated carbocycles. The van der Waals surface area contributed by atoms with Gasteiger partial charge >= 0.3 is 0 Å². The summed E-state index contributed by atoms with van der Waals surface area (Å²) in [6.07, 6.45) is 2.06. The van der Waals surface area contributed by atoms with Gasteiger partial charge in [-0.25, -0.2) is 8.78 Å². The average molecular weight is 802 g/mol. The number of piperazine rings is 1. The number of carbonyl (C=O) groups excluding carboxylic acids is 2. The molecular weight excluding hydrogens is 760 g/mol. The zero-order chi connectivity index (χ0) is 40.5. The van der Waals surface area contributed by atoms with E-state index in [2.05, 4.69) is 68.8 Å². The highest BCUT2D eigenvalue weighted by atomic mass is 35.5. The van der Waals surface area contributed by atoms with Gasteiger partial charge in [0.15, 0.2) is 0 Å². The summed E-state index contributed by atoms with van der Waals surface area (Å²) in [5.74, 6) is -2.64. The zero-order valence-electron chi connectivity index (χ0n) is 32.3. The smallest absolute Gasteiger partial charge is 0.282 e. The Morgan fingerprint density at radius 3 is 2.28 bits per heavy atom.